The van der Waals surface area contributed by atoms with E-state index in [1.54, 1.807) is 13.0 Å². The first-order valence-electron chi connectivity index (χ1n) is 8.73. The molecule has 0 aliphatic heterocycles. The molecule has 0 bridgehead atoms. The van der Waals surface area contributed by atoms with Crippen LogP contribution < -0.4 is 15.0 Å². The maximum atomic E-state index is 12.7. The molecule has 30 heavy (non-hydrogen) atoms. The van der Waals surface area contributed by atoms with Gasteiger partial charge in [-0.15, -0.1) is 0 Å². The van der Waals surface area contributed by atoms with E-state index in [0.29, 0.717) is 16.8 Å². The van der Waals surface area contributed by atoms with Gasteiger partial charge in [-0.2, -0.15) is 13.9 Å². The van der Waals surface area contributed by atoms with Gasteiger partial charge in [0.05, 0.1) is 24.9 Å². The summed E-state index contributed by atoms with van der Waals surface area (Å²) in [7, 11) is 1.32. The number of carboxylic acid groups (broad SMARTS) is 1. The summed E-state index contributed by atoms with van der Waals surface area (Å²) in [6.07, 6.45) is 4.23. The van der Waals surface area contributed by atoms with Crippen molar-refractivity contribution in [3.05, 3.63) is 76.6 Å². The quantitative estimate of drug-likeness (QED) is 0.494. The number of halogens is 2. The SMILES string of the molecule is C=C/C(=C\C(=C/C)C(=O)O)Cn1nc(-c2ccc(OC)c(OC(F)F)c2)ccc1=O. The average Bonchev–Trinajstić information content (AvgIpc) is 2.71. The number of carbonyl (C=O) groups is 1. The fourth-order valence-electron chi connectivity index (χ4n) is 2.55. The van der Waals surface area contributed by atoms with Crippen LogP contribution in [0, 0.1) is 0 Å². The summed E-state index contributed by atoms with van der Waals surface area (Å²) >= 11 is 0. The van der Waals surface area contributed by atoms with E-state index in [4.69, 9.17) is 9.84 Å². The molecule has 0 aliphatic carbocycles. The highest BCUT2D eigenvalue weighted by molar-refractivity contribution is 5.90. The molecule has 9 heteroatoms. The molecule has 7 nitrogen and oxygen atoms in total. The summed E-state index contributed by atoms with van der Waals surface area (Å²) in [4.78, 5) is 23.4. The average molecular weight is 418 g/mol. The van der Waals surface area contributed by atoms with E-state index in [0.717, 1.165) is 4.68 Å². The Hall–Kier alpha value is -3.75. The first kappa shape index (κ1) is 22.5. The van der Waals surface area contributed by atoms with Gasteiger partial charge in [0.15, 0.2) is 11.5 Å². The van der Waals surface area contributed by atoms with Gasteiger partial charge in [0.2, 0.25) is 0 Å². The molecule has 0 unspecified atom stereocenters. The van der Waals surface area contributed by atoms with Crippen molar-refractivity contribution in [2.45, 2.75) is 20.1 Å². The molecule has 1 heterocycles. The third kappa shape index (κ3) is 5.63. The fraction of sp³-hybridized carbons (Fsp3) is 0.190. The first-order valence-corrected chi connectivity index (χ1v) is 8.73. The summed E-state index contributed by atoms with van der Waals surface area (Å²) in [6, 6.07) is 7.08. The number of nitrogens with zero attached hydrogens (tertiary/aromatic N) is 2. The molecule has 2 rings (SSSR count). The standard InChI is InChI=1S/C21H20F2N2O5/c1-4-13(10-14(5-2)20(27)28)12-25-19(26)9-7-16(24-25)15-6-8-17(29-3)18(11-15)30-21(22)23/h4-11,21H,1,12H2,2-3H3,(H,27,28)/b13-10+,14-5+. The molecular weight excluding hydrogens is 398 g/mol. The van der Waals surface area contributed by atoms with E-state index >= 15 is 0 Å². The number of carboxylic acids is 1. The number of rotatable bonds is 9. The minimum Gasteiger partial charge on any atom is -0.493 e. The van der Waals surface area contributed by atoms with Crippen LogP contribution in [0.5, 0.6) is 11.5 Å². The van der Waals surface area contributed by atoms with E-state index in [-0.39, 0.29) is 23.6 Å². The highest BCUT2D eigenvalue weighted by Crippen LogP contribution is 2.32. The summed E-state index contributed by atoms with van der Waals surface area (Å²) in [5.41, 5.74) is 0.807. The molecule has 2 aromatic rings. The molecule has 158 valence electrons. The molecule has 0 radical (unpaired) electrons. The lowest BCUT2D eigenvalue weighted by molar-refractivity contribution is -0.132. The Labute approximate surface area is 171 Å². The minimum absolute atomic E-state index is 0.0304. The van der Waals surface area contributed by atoms with Gasteiger partial charge in [0.25, 0.3) is 5.56 Å². The Morgan fingerprint density at radius 1 is 1.30 bits per heavy atom. The predicted molar refractivity (Wildman–Crippen MR) is 107 cm³/mol. The van der Waals surface area contributed by atoms with Crippen molar-refractivity contribution in [3.63, 3.8) is 0 Å². The molecule has 1 N–H and O–H groups in total. The number of hydrogen-bond acceptors (Lipinski definition) is 5. The second-order valence-electron chi connectivity index (χ2n) is 5.93. The van der Waals surface area contributed by atoms with Crippen molar-refractivity contribution in [1.29, 1.82) is 0 Å². The van der Waals surface area contributed by atoms with Crippen LogP contribution in [0.1, 0.15) is 6.92 Å². The zero-order valence-corrected chi connectivity index (χ0v) is 16.3. The predicted octanol–water partition coefficient (Wildman–Crippen LogP) is 3.66. The molecule has 1 aromatic carbocycles. The van der Waals surface area contributed by atoms with E-state index in [1.807, 2.05) is 0 Å². The van der Waals surface area contributed by atoms with Crippen molar-refractivity contribution < 1.29 is 28.2 Å². The second-order valence-corrected chi connectivity index (χ2v) is 5.93. The second kappa shape index (κ2) is 10.1. The van der Waals surface area contributed by atoms with Crippen LogP contribution in [0.15, 0.2) is 71.1 Å². The third-order valence-corrected chi connectivity index (χ3v) is 4.04. The van der Waals surface area contributed by atoms with Gasteiger partial charge in [-0.3, -0.25) is 4.79 Å². The summed E-state index contributed by atoms with van der Waals surface area (Å²) in [5, 5.41) is 13.4. The number of hydrogen-bond donors (Lipinski definition) is 1. The van der Waals surface area contributed by atoms with Crippen molar-refractivity contribution in [2.75, 3.05) is 7.11 Å². The number of ether oxygens (including phenoxy) is 2. The third-order valence-electron chi connectivity index (χ3n) is 4.04. The Morgan fingerprint density at radius 3 is 2.60 bits per heavy atom. The van der Waals surface area contributed by atoms with Crippen molar-refractivity contribution >= 4 is 5.97 Å². The number of alkyl halides is 2. The number of aromatic nitrogens is 2. The van der Waals surface area contributed by atoms with Crippen LogP contribution in [0.2, 0.25) is 0 Å². The molecule has 0 aliphatic rings. The van der Waals surface area contributed by atoms with Gasteiger partial charge in [-0.1, -0.05) is 18.7 Å². The van der Waals surface area contributed by atoms with Gasteiger partial charge in [-0.25, -0.2) is 9.48 Å². The lowest BCUT2D eigenvalue weighted by Crippen LogP contribution is -2.23. The lowest BCUT2D eigenvalue weighted by atomic mass is 10.1. The van der Waals surface area contributed by atoms with Crippen LogP contribution in [-0.4, -0.2) is 34.6 Å². The number of aliphatic carboxylic acids is 1. The van der Waals surface area contributed by atoms with Crippen molar-refractivity contribution in [1.82, 2.24) is 9.78 Å². The lowest BCUT2D eigenvalue weighted by Gasteiger charge is -2.12. The van der Waals surface area contributed by atoms with Gasteiger partial charge >= 0.3 is 12.6 Å². The zero-order chi connectivity index (χ0) is 22.3. The van der Waals surface area contributed by atoms with E-state index < -0.39 is 18.1 Å². The highest BCUT2D eigenvalue weighted by Gasteiger charge is 2.13. The number of benzene rings is 1. The number of allylic oxidation sites excluding steroid dienone is 3. The maximum Gasteiger partial charge on any atom is 0.387 e. The van der Waals surface area contributed by atoms with Gasteiger partial charge < -0.3 is 14.6 Å². The Kier molecular flexibility index (Phi) is 7.62. The first-order chi connectivity index (χ1) is 14.3. The van der Waals surface area contributed by atoms with Crippen LogP contribution in [0.3, 0.4) is 0 Å². The van der Waals surface area contributed by atoms with Crippen LogP contribution in [0.4, 0.5) is 8.78 Å². The molecule has 0 atom stereocenters. The number of methoxy groups -OCH3 is 1. The summed E-state index contributed by atoms with van der Waals surface area (Å²) in [6.45, 7) is 2.15. The molecule has 0 saturated heterocycles. The van der Waals surface area contributed by atoms with Crippen LogP contribution in [0.25, 0.3) is 11.3 Å². The largest absolute Gasteiger partial charge is 0.493 e. The fourth-order valence-corrected chi connectivity index (χ4v) is 2.55. The molecule has 0 amide bonds. The molecule has 0 spiro atoms. The highest BCUT2D eigenvalue weighted by atomic mass is 19.3. The monoisotopic (exact) mass is 418 g/mol. The van der Waals surface area contributed by atoms with Gasteiger partial charge in [0, 0.05) is 11.6 Å². The van der Waals surface area contributed by atoms with Crippen molar-refractivity contribution in [3.8, 4) is 22.8 Å². The van der Waals surface area contributed by atoms with E-state index in [1.165, 1.54) is 49.6 Å². The summed E-state index contributed by atoms with van der Waals surface area (Å²) in [5.74, 6) is -1.16. The molecule has 0 fully saturated rings. The maximum absolute atomic E-state index is 12.7. The Morgan fingerprint density at radius 2 is 2.03 bits per heavy atom. The zero-order valence-electron chi connectivity index (χ0n) is 16.3. The Balaban J connectivity index is 2.44. The molecule has 0 saturated carbocycles. The van der Waals surface area contributed by atoms with Gasteiger partial charge in [-0.05, 0) is 42.8 Å². The van der Waals surface area contributed by atoms with E-state index in [2.05, 4.69) is 16.4 Å². The minimum atomic E-state index is -3.04. The normalized spacial score (nSPS) is 12.0. The van der Waals surface area contributed by atoms with Crippen molar-refractivity contribution in [2.24, 2.45) is 0 Å². The van der Waals surface area contributed by atoms with Crippen LogP contribution in [-0.2, 0) is 11.3 Å². The topological polar surface area (TPSA) is 90.7 Å². The van der Waals surface area contributed by atoms with E-state index in [9.17, 15) is 18.4 Å². The Bertz CT molecular complexity index is 1060. The summed E-state index contributed by atoms with van der Waals surface area (Å²) < 4.78 is 35.9. The smallest absolute Gasteiger partial charge is 0.387 e. The van der Waals surface area contributed by atoms with Crippen LogP contribution >= 0.6 is 0 Å². The van der Waals surface area contributed by atoms with Gasteiger partial charge in [0.1, 0.15) is 0 Å². The molecule has 1 aromatic heterocycles. The molecular formula is C21H20F2N2O5.